The number of carbonyl (C=O) groups is 7. The minimum atomic E-state index is -0.607. The van der Waals surface area contributed by atoms with Gasteiger partial charge in [0.15, 0.2) is 0 Å². The van der Waals surface area contributed by atoms with Gasteiger partial charge in [-0.05, 0) is 97.8 Å². The zero-order chi connectivity index (χ0) is 67.2. The number of nitrogens with one attached hydrogen (secondary N) is 5. The second kappa shape index (κ2) is 37.9. The summed E-state index contributed by atoms with van der Waals surface area (Å²) in [7, 11) is 0. The first-order chi connectivity index (χ1) is 47.0. The van der Waals surface area contributed by atoms with Crippen LogP contribution in [0.4, 0.5) is 0 Å². The van der Waals surface area contributed by atoms with E-state index in [0.29, 0.717) is 45.8 Å². The molecule has 8 saturated heterocycles. The molecule has 0 spiro atoms. The minimum Gasteiger partial charge on any atom is -0.354 e. The third kappa shape index (κ3) is 19.5. The van der Waals surface area contributed by atoms with Gasteiger partial charge >= 0.3 is 0 Å². The molecule has 8 heterocycles. The van der Waals surface area contributed by atoms with Crippen LogP contribution in [0.5, 0.6) is 0 Å². The van der Waals surface area contributed by atoms with E-state index in [1.807, 2.05) is 51.1 Å². The van der Waals surface area contributed by atoms with Crippen LogP contribution in [0.15, 0.2) is 182 Å². The molecule has 0 aliphatic carbocycles. The zero-order valence-electron chi connectivity index (χ0n) is 55.6. The molecule has 5 N–H and O–H groups in total. The molecule has 8 aliphatic heterocycles. The second-order valence-corrected chi connectivity index (χ2v) is 25.3. The van der Waals surface area contributed by atoms with Gasteiger partial charge in [0.05, 0.1) is 50.3 Å². The predicted molar refractivity (Wildman–Crippen MR) is 377 cm³/mol. The highest BCUT2D eigenvalue weighted by Crippen LogP contribution is 2.44. The molecule has 6 aromatic rings. The number of benzene rings is 6. The largest absolute Gasteiger partial charge is 0.354 e. The van der Waals surface area contributed by atoms with Crippen LogP contribution >= 0.6 is 11.6 Å². The number of likely N-dealkylation sites (tertiary alicyclic amines) is 3. The highest BCUT2D eigenvalue weighted by atomic mass is 35.5. The van der Waals surface area contributed by atoms with E-state index in [-0.39, 0.29) is 66.9 Å². The molecule has 8 fully saturated rings. The average Bonchev–Trinajstić information content (AvgIpc) is 0.794. The lowest BCUT2D eigenvalue weighted by Crippen LogP contribution is -2.59. The molecule has 7 amide bonds. The van der Waals surface area contributed by atoms with Gasteiger partial charge < -0.3 is 51.1 Å². The third-order valence-electron chi connectivity index (χ3n) is 18.7. The van der Waals surface area contributed by atoms with Crippen molar-refractivity contribution in [3.05, 3.63) is 215 Å². The molecular formula is C76H97ClN12O7. The van der Waals surface area contributed by atoms with E-state index in [4.69, 9.17) is 11.6 Å². The Kier molecular flexibility index (Phi) is 28.4. The summed E-state index contributed by atoms with van der Waals surface area (Å²) in [5.41, 5.74) is 5.79. The molecule has 0 radical (unpaired) electrons. The normalized spacial score (nSPS) is 18.3. The monoisotopic (exact) mass is 1320 g/mol. The van der Waals surface area contributed by atoms with Crippen LogP contribution in [-0.2, 0) is 44.6 Å². The number of carbonyl (C=O) groups excluding carboxylic acids is 7. The minimum absolute atomic E-state index is 0.00552. The molecule has 6 aromatic carbocycles. The van der Waals surface area contributed by atoms with E-state index in [1.54, 1.807) is 9.80 Å². The highest BCUT2D eigenvalue weighted by molar-refractivity contribution is 6.27. The fourth-order valence-electron chi connectivity index (χ4n) is 13.8. The van der Waals surface area contributed by atoms with Gasteiger partial charge in [0.25, 0.3) is 0 Å². The lowest BCUT2D eigenvalue weighted by molar-refractivity contribution is -0.144. The van der Waals surface area contributed by atoms with Crippen molar-refractivity contribution in [3.63, 3.8) is 0 Å². The summed E-state index contributed by atoms with van der Waals surface area (Å²) in [6.07, 6.45) is 9.37. The fourth-order valence-corrected chi connectivity index (χ4v) is 13.9. The van der Waals surface area contributed by atoms with Crippen LogP contribution in [-0.4, -0.2) is 226 Å². The first-order valence-electron chi connectivity index (χ1n) is 34.5. The maximum Gasteiger partial charge on any atom is 0.242 e. The van der Waals surface area contributed by atoms with Gasteiger partial charge in [-0.15, -0.1) is 11.6 Å². The molecule has 96 heavy (non-hydrogen) atoms. The summed E-state index contributed by atoms with van der Waals surface area (Å²) in [6, 6.07) is 62.8. The van der Waals surface area contributed by atoms with Gasteiger partial charge in [0, 0.05) is 91.6 Å². The van der Waals surface area contributed by atoms with E-state index in [0.717, 1.165) is 121 Å². The van der Waals surface area contributed by atoms with Gasteiger partial charge in [0.1, 0.15) is 5.88 Å². The number of piperazine rings is 4. The average molecular weight is 1330 g/mol. The van der Waals surface area contributed by atoms with E-state index >= 15 is 0 Å². The molecule has 8 aliphatic rings. The predicted octanol–water partition coefficient (Wildman–Crippen LogP) is 6.12. The number of amides is 7. The molecule has 14 rings (SSSR count). The van der Waals surface area contributed by atoms with Gasteiger partial charge in [-0.2, -0.15) is 0 Å². The fraction of sp³-hybridized carbons (Fsp3) is 0.434. The smallest absolute Gasteiger partial charge is 0.242 e. The van der Waals surface area contributed by atoms with Crippen molar-refractivity contribution in [2.24, 2.45) is 0 Å². The Morgan fingerprint density at radius 3 is 1.01 bits per heavy atom. The maximum atomic E-state index is 13.4. The van der Waals surface area contributed by atoms with Crippen LogP contribution < -0.4 is 26.6 Å². The molecule has 510 valence electrons. The Balaban J connectivity index is 0.000000152. The van der Waals surface area contributed by atoms with Crippen LogP contribution in [0, 0.1) is 0 Å². The SMILES string of the molecule is C1CCNC1.O=C(CCl)N1CCCC1.O=C(CN1CCN(C(c2ccccc2)(c2ccccc2)c2ccccc2)CC1=O)N1CCCC1.O=C(CN1CCNCC1=O)N1CCCC1.O=C1CN(C(c2ccccc2)(c2ccccc2)c2ccccc2)CCN1.O=C1CNCCN1. The number of hydrogen-bond acceptors (Lipinski definition) is 12. The van der Waals surface area contributed by atoms with Gasteiger partial charge in [-0.25, -0.2) is 0 Å². The van der Waals surface area contributed by atoms with Crippen LogP contribution in [0.1, 0.15) is 84.7 Å². The Morgan fingerprint density at radius 2 is 0.698 bits per heavy atom. The molecule has 0 saturated carbocycles. The van der Waals surface area contributed by atoms with Crippen molar-refractivity contribution in [1.29, 1.82) is 0 Å². The topological polar surface area (TPSA) is 202 Å². The molecule has 0 bridgehead atoms. The Labute approximate surface area is 572 Å². The molecule has 0 aromatic heterocycles. The molecular weight excluding hydrogens is 1230 g/mol. The van der Waals surface area contributed by atoms with E-state index in [9.17, 15) is 33.6 Å². The highest BCUT2D eigenvalue weighted by Gasteiger charge is 2.46. The molecule has 0 unspecified atom stereocenters. The van der Waals surface area contributed by atoms with Crippen molar-refractivity contribution in [3.8, 4) is 0 Å². The lowest BCUT2D eigenvalue weighted by Gasteiger charge is -2.48. The lowest BCUT2D eigenvalue weighted by atomic mass is 9.75. The molecule has 20 heteroatoms. The van der Waals surface area contributed by atoms with Crippen LogP contribution in [0.25, 0.3) is 0 Å². The summed E-state index contributed by atoms with van der Waals surface area (Å²) in [6.45, 7) is 15.4. The van der Waals surface area contributed by atoms with Crippen molar-refractivity contribution in [2.45, 2.75) is 62.4 Å². The van der Waals surface area contributed by atoms with E-state index < -0.39 is 11.1 Å². The summed E-state index contributed by atoms with van der Waals surface area (Å²) < 4.78 is 0. The third-order valence-corrected chi connectivity index (χ3v) is 18.9. The van der Waals surface area contributed by atoms with Crippen molar-refractivity contribution in [2.75, 3.05) is 150 Å². The van der Waals surface area contributed by atoms with Gasteiger partial charge in [-0.3, -0.25) is 43.4 Å². The first-order valence-corrected chi connectivity index (χ1v) is 35.0. The number of nitrogens with zero attached hydrogens (tertiary/aromatic N) is 7. The summed E-state index contributed by atoms with van der Waals surface area (Å²) in [5, 5.41) is 14.8. The van der Waals surface area contributed by atoms with Crippen molar-refractivity contribution in [1.82, 2.24) is 60.9 Å². The van der Waals surface area contributed by atoms with Crippen LogP contribution in [0.3, 0.4) is 0 Å². The van der Waals surface area contributed by atoms with E-state index in [1.165, 1.54) is 42.6 Å². The zero-order valence-corrected chi connectivity index (χ0v) is 56.4. The molecule has 0 atom stereocenters. The van der Waals surface area contributed by atoms with Crippen molar-refractivity contribution >= 4 is 53.0 Å². The summed E-state index contributed by atoms with van der Waals surface area (Å²) in [4.78, 5) is 96.2. The van der Waals surface area contributed by atoms with Crippen LogP contribution in [0.2, 0.25) is 0 Å². The summed E-state index contributed by atoms with van der Waals surface area (Å²) in [5.74, 6) is 0.603. The quantitative estimate of drug-likeness (QED) is 0.0657. The van der Waals surface area contributed by atoms with Crippen molar-refractivity contribution < 1.29 is 33.6 Å². The number of alkyl halides is 1. The van der Waals surface area contributed by atoms with Gasteiger partial charge in [0.2, 0.25) is 41.4 Å². The Bertz CT molecular complexity index is 3150. The number of hydrogen-bond donors (Lipinski definition) is 5. The maximum absolute atomic E-state index is 13.4. The van der Waals surface area contributed by atoms with Gasteiger partial charge in [-0.1, -0.05) is 182 Å². The molecule has 19 nitrogen and oxygen atoms in total. The Morgan fingerprint density at radius 1 is 0.333 bits per heavy atom. The standard InChI is InChI=1S/C29H31N3O2.C23H22N2O.C10H17N3O2.C6H10ClNO.C4H8N2O.C4H9N/c33-27(30-18-10-11-19-30)22-31-20-21-32(23-28(31)34)29(24-12-4-1-5-13-24,25-14-6-2-7-15-25)26-16-8-3-9-17-26;26-22-18-25(17-16-24-22)23(19-10-4-1-5-11-19,20-12-6-2-7-13-20)21-14-8-3-9-15-21;14-9-7-11-3-6-13(9)8-10(15)12-4-1-2-5-12;7-5-6(9)8-3-1-2-4-8;7-4-3-5-1-2-6-4;1-2-4-5-3-1/h1-9,12-17H,10-11,18-23H2;1-15H,16-18H2,(H,24,26);11H,1-8H2;1-5H2;5H,1-3H2,(H,6,7);5H,1-4H2. The second-order valence-electron chi connectivity index (χ2n) is 25.0. The number of rotatable bonds is 13. The number of halogens is 1. The Hall–Kier alpha value is -8.30. The first kappa shape index (κ1) is 72.0. The van der Waals surface area contributed by atoms with E-state index in [2.05, 4.69) is 182 Å². The summed E-state index contributed by atoms with van der Waals surface area (Å²) >= 11 is 5.34.